The van der Waals surface area contributed by atoms with Crippen LogP contribution in [0.4, 0.5) is 5.69 Å². The predicted octanol–water partition coefficient (Wildman–Crippen LogP) is 2.82. The van der Waals surface area contributed by atoms with Crippen molar-refractivity contribution in [2.75, 3.05) is 25.0 Å². The molecular weight excluding hydrogens is 348 g/mol. The lowest BCUT2D eigenvalue weighted by Gasteiger charge is -2.20. The molecule has 0 radical (unpaired) electrons. The van der Waals surface area contributed by atoms with E-state index in [4.69, 9.17) is 0 Å². The van der Waals surface area contributed by atoms with Gasteiger partial charge in [0.25, 0.3) is 0 Å². The molecular formula is C22H26N6. The molecule has 0 saturated carbocycles. The van der Waals surface area contributed by atoms with Crippen LogP contribution in [0.15, 0.2) is 78.0 Å². The lowest BCUT2D eigenvalue weighted by molar-refractivity contribution is 0.648. The number of hydrogen-bond acceptors (Lipinski definition) is 3. The van der Waals surface area contributed by atoms with Crippen LogP contribution in [0.1, 0.15) is 12.0 Å². The van der Waals surface area contributed by atoms with Crippen LogP contribution in [0.5, 0.6) is 0 Å². The highest BCUT2D eigenvalue weighted by molar-refractivity contribution is 5.80. The summed E-state index contributed by atoms with van der Waals surface area (Å²) >= 11 is 0. The number of para-hydroxylation sites is 2. The fourth-order valence-electron chi connectivity index (χ4n) is 3.50. The van der Waals surface area contributed by atoms with Crippen LogP contribution in [-0.2, 0) is 6.54 Å². The van der Waals surface area contributed by atoms with Gasteiger partial charge in [0.15, 0.2) is 5.96 Å². The topological polar surface area (TPSA) is 57.5 Å². The van der Waals surface area contributed by atoms with E-state index >= 15 is 0 Å². The summed E-state index contributed by atoms with van der Waals surface area (Å²) in [6, 6.07) is 21.1. The molecule has 1 aliphatic heterocycles. The summed E-state index contributed by atoms with van der Waals surface area (Å²) in [6.45, 7) is 2.72. The minimum atomic E-state index is 0.387. The Labute approximate surface area is 165 Å². The molecule has 4 rings (SSSR count). The lowest BCUT2D eigenvalue weighted by Crippen LogP contribution is -2.44. The van der Waals surface area contributed by atoms with Crippen LogP contribution in [0.25, 0.3) is 5.69 Å². The van der Waals surface area contributed by atoms with Crippen molar-refractivity contribution in [2.45, 2.75) is 19.0 Å². The standard InChI is InChI=1S/C22H26N6/c1-23-22(26-19-12-13-27(17-19)20-8-4-2-5-9-20)24-14-18-15-25-28(16-18)21-10-6-3-7-11-21/h2-11,15-16,19H,12-14,17H2,1H3,(H2,23,24,26). The Morgan fingerprint density at radius 2 is 1.79 bits per heavy atom. The number of benzene rings is 2. The molecule has 2 aromatic carbocycles. The first-order valence-electron chi connectivity index (χ1n) is 9.68. The van der Waals surface area contributed by atoms with Crippen molar-refractivity contribution in [3.05, 3.63) is 78.6 Å². The van der Waals surface area contributed by atoms with E-state index in [1.165, 1.54) is 5.69 Å². The van der Waals surface area contributed by atoms with Gasteiger partial charge in [0.05, 0.1) is 11.9 Å². The van der Waals surface area contributed by atoms with E-state index < -0.39 is 0 Å². The Morgan fingerprint density at radius 3 is 2.50 bits per heavy atom. The summed E-state index contributed by atoms with van der Waals surface area (Å²) in [5.41, 5.74) is 3.45. The molecule has 28 heavy (non-hydrogen) atoms. The summed E-state index contributed by atoms with van der Waals surface area (Å²) in [5.74, 6) is 0.826. The maximum Gasteiger partial charge on any atom is 0.191 e. The average Bonchev–Trinajstić information content (AvgIpc) is 3.42. The quantitative estimate of drug-likeness (QED) is 0.533. The van der Waals surface area contributed by atoms with Gasteiger partial charge < -0.3 is 15.5 Å². The highest BCUT2D eigenvalue weighted by atomic mass is 15.3. The average molecular weight is 374 g/mol. The molecule has 1 aliphatic rings. The number of guanidine groups is 1. The molecule has 0 spiro atoms. The molecule has 0 bridgehead atoms. The van der Waals surface area contributed by atoms with Gasteiger partial charge in [-0.25, -0.2) is 4.68 Å². The Balaban J connectivity index is 1.29. The van der Waals surface area contributed by atoms with Crippen LogP contribution in [0.3, 0.4) is 0 Å². The minimum absolute atomic E-state index is 0.387. The van der Waals surface area contributed by atoms with Gasteiger partial charge in [0.1, 0.15) is 0 Å². The zero-order valence-electron chi connectivity index (χ0n) is 16.1. The van der Waals surface area contributed by atoms with Gasteiger partial charge in [0, 0.05) is 50.2 Å². The number of rotatable bonds is 5. The van der Waals surface area contributed by atoms with Crippen molar-refractivity contribution in [3.63, 3.8) is 0 Å². The Hall–Kier alpha value is -3.28. The number of hydrogen-bond donors (Lipinski definition) is 2. The number of anilines is 1. The molecule has 6 nitrogen and oxygen atoms in total. The molecule has 2 N–H and O–H groups in total. The molecule has 0 aliphatic carbocycles. The number of aromatic nitrogens is 2. The largest absolute Gasteiger partial charge is 0.369 e. The van der Waals surface area contributed by atoms with E-state index in [9.17, 15) is 0 Å². The second-order valence-electron chi connectivity index (χ2n) is 6.97. The third-order valence-corrected chi connectivity index (χ3v) is 4.99. The van der Waals surface area contributed by atoms with E-state index in [2.05, 4.69) is 56.0 Å². The van der Waals surface area contributed by atoms with Crippen molar-refractivity contribution >= 4 is 11.6 Å². The molecule has 1 atom stereocenters. The van der Waals surface area contributed by atoms with Crippen molar-refractivity contribution in [3.8, 4) is 5.69 Å². The van der Waals surface area contributed by atoms with Gasteiger partial charge in [-0.15, -0.1) is 0 Å². The summed E-state index contributed by atoms with van der Waals surface area (Å²) in [7, 11) is 1.81. The van der Waals surface area contributed by atoms with Gasteiger partial charge >= 0.3 is 0 Å². The summed E-state index contributed by atoms with van der Waals surface area (Å²) in [4.78, 5) is 6.79. The predicted molar refractivity (Wildman–Crippen MR) is 114 cm³/mol. The number of nitrogens with zero attached hydrogens (tertiary/aromatic N) is 4. The van der Waals surface area contributed by atoms with Crippen LogP contribution >= 0.6 is 0 Å². The van der Waals surface area contributed by atoms with Gasteiger partial charge in [-0.3, -0.25) is 4.99 Å². The van der Waals surface area contributed by atoms with E-state index in [0.717, 1.165) is 36.7 Å². The Bertz CT molecular complexity index is 903. The Kier molecular flexibility index (Phi) is 5.56. The maximum absolute atomic E-state index is 4.45. The van der Waals surface area contributed by atoms with E-state index in [1.54, 1.807) is 0 Å². The normalized spacial score (nSPS) is 17.0. The summed E-state index contributed by atoms with van der Waals surface area (Å²) in [6.07, 6.45) is 5.03. The van der Waals surface area contributed by atoms with Crippen molar-refractivity contribution < 1.29 is 0 Å². The van der Waals surface area contributed by atoms with Gasteiger partial charge in [0.2, 0.25) is 0 Å². The van der Waals surface area contributed by atoms with Gasteiger partial charge in [-0.1, -0.05) is 36.4 Å². The molecule has 0 amide bonds. The third kappa shape index (κ3) is 4.34. The van der Waals surface area contributed by atoms with Gasteiger partial charge in [-0.2, -0.15) is 5.10 Å². The zero-order chi connectivity index (χ0) is 19.2. The molecule has 1 unspecified atom stereocenters. The highest BCUT2D eigenvalue weighted by Crippen LogP contribution is 2.19. The molecule has 6 heteroatoms. The highest BCUT2D eigenvalue weighted by Gasteiger charge is 2.23. The van der Waals surface area contributed by atoms with Crippen LogP contribution in [-0.4, -0.2) is 41.9 Å². The van der Waals surface area contributed by atoms with E-state index in [0.29, 0.717) is 12.6 Å². The summed E-state index contributed by atoms with van der Waals surface area (Å²) < 4.78 is 1.89. The second kappa shape index (κ2) is 8.61. The maximum atomic E-state index is 4.45. The van der Waals surface area contributed by atoms with E-state index in [1.807, 2.05) is 54.5 Å². The fourth-order valence-corrected chi connectivity index (χ4v) is 3.50. The Morgan fingerprint density at radius 1 is 1.07 bits per heavy atom. The van der Waals surface area contributed by atoms with Crippen molar-refractivity contribution in [2.24, 2.45) is 4.99 Å². The van der Waals surface area contributed by atoms with Crippen LogP contribution in [0.2, 0.25) is 0 Å². The fraction of sp³-hybridized carbons (Fsp3) is 0.273. The smallest absolute Gasteiger partial charge is 0.191 e. The molecule has 2 heterocycles. The summed E-state index contributed by atoms with van der Waals surface area (Å²) in [5, 5.41) is 11.4. The van der Waals surface area contributed by atoms with Gasteiger partial charge in [-0.05, 0) is 30.7 Å². The molecule has 144 valence electrons. The molecule has 1 saturated heterocycles. The van der Waals surface area contributed by atoms with Crippen molar-refractivity contribution in [1.82, 2.24) is 20.4 Å². The lowest BCUT2D eigenvalue weighted by atomic mass is 10.2. The van der Waals surface area contributed by atoms with Crippen molar-refractivity contribution in [1.29, 1.82) is 0 Å². The van der Waals surface area contributed by atoms with E-state index in [-0.39, 0.29) is 0 Å². The number of nitrogens with one attached hydrogen (secondary N) is 2. The first kappa shape index (κ1) is 18.1. The van der Waals surface area contributed by atoms with Crippen LogP contribution < -0.4 is 15.5 Å². The zero-order valence-corrected chi connectivity index (χ0v) is 16.1. The first-order valence-corrected chi connectivity index (χ1v) is 9.68. The first-order chi connectivity index (χ1) is 13.8. The molecule has 1 fully saturated rings. The minimum Gasteiger partial charge on any atom is -0.369 e. The second-order valence-corrected chi connectivity index (χ2v) is 6.97. The monoisotopic (exact) mass is 374 g/mol. The third-order valence-electron chi connectivity index (χ3n) is 4.99. The number of aliphatic imine (C=N–C) groups is 1. The SMILES string of the molecule is CN=C(NCc1cnn(-c2ccccc2)c1)NC1CCN(c2ccccc2)C1. The van der Waals surface area contributed by atoms with Crippen LogP contribution in [0, 0.1) is 0 Å². The molecule has 1 aromatic heterocycles. The molecule has 3 aromatic rings.